The number of hydrogen-bond donors (Lipinski definition) is 1. The van der Waals surface area contributed by atoms with Gasteiger partial charge in [0, 0.05) is 69.6 Å². The summed E-state index contributed by atoms with van der Waals surface area (Å²) in [5.41, 5.74) is 5.09. The highest BCUT2D eigenvalue weighted by molar-refractivity contribution is 5.76. The van der Waals surface area contributed by atoms with Gasteiger partial charge in [0.2, 0.25) is 5.91 Å². The third-order valence-corrected chi connectivity index (χ3v) is 8.33. The largest absolute Gasteiger partial charge is 0.467 e. The topological polar surface area (TPSA) is 94.5 Å². The van der Waals surface area contributed by atoms with Crippen molar-refractivity contribution < 1.29 is 19.4 Å². The van der Waals surface area contributed by atoms with Crippen molar-refractivity contribution in [3.63, 3.8) is 0 Å². The van der Waals surface area contributed by atoms with E-state index in [0.29, 0.717) is 32.1 Å². The van der Waals surface area contributed by atoms with E-state index in [1.54, 1.807) is 14.2 Å². The number of likely N-dealkylation sites (tertiary alicyclic amines) is 1. The lowest BCUT2D eigenvalue weighted by molar-refractivity contribution is -0.131. The lowest BCUT2D eigenvalue weighted by Gasteiger charge is -2.38. The number of nitrogens with zero attached hydrogens (tertiary/aromatic N) is 6. The minimum atomic E-state index is -0.0523. The zero-order chi connectivity index (χ0) is 32.6. The predicted molar refractivity (Wildman–Crippen MR) is 182 cm³/mol. The van der Waals surface area contributed by atoms with E-state index in [0.717, 1.165) is 73.1 Å². The number of piperazine rings is 1. The molecule has 0 radical (unpaired) electrons. The minimum absolute atomic E-state index is 0.0523. The van der Waals surface area contributed by atoms with Gasteiger partial charge in [-0.05, 0) is 44.0 Å². The number of benzene rings is 1. The number of anilines is 1. The summed E-state index contributed by atoms with van der Waals surface area (Å²) >= 11 is 0. The molecule has 2 fully saturated rings. The summed E-state index contributed by atoms with van der Waals surface area (Å²) in [7, 11) is 3.34. The number of aliphatic hydroxyl groups excluding tert-OH is 1. The number of rotatable bonds is 10. The molecule has 0 spiro atoms. The van der Waals surface area contributed by atoms with Gasteiger partial charge in [-0.15, -0.1) is 13.2 Å². The van der Waals surface area contributed by atoms with Gasteiger partial charge in [0.25, 0.3) is 0 Å². The van der Waals surface area contributed by atoms with Crippen molar-refractivity contribution in [3.8, 4) is 6.01 Å². The summed E-state index contributed by atoms with van der Waals surface area (Å²) in [5.74, 6) is 1.10. The van der Waals surface area contributed by atoms with Crippen molar-refractivity contribution in [3.05, 3.63) is 72.5 Å². The number of methoxy groups -OCH3 is 2. The second-order valence-corrected chi connectivity index (χ2v) is 11.0. The number of carbonyl (C=O) groups is 1. The molecule has 0 saturated carbocycles. The second kappa shape index (κ2) is 18.9. The molecule has 1 N–H and O–H groups in total. The Kier molecular flexibility index (Phi) is 15.0. The van der Waals surface area contributed by atoms with E-state index in [-0.39, 0.29) is 12.5 Å². The average molecular weight is 621 g/mol. The molecule has 3 aliphatic heterocycles. The Morgan fingerprint density at radius 1 is 1.00 bits per heavy atom. The van der Waals surface area contributed by atoms with Crippen LogP contribution in [-0.2, 0) is 22.5 Å². The molecular weight excluding hydrogens is 568 g/mol. The molecule has 0 unspecified atom stereocenters. The number of hydrogen-bond acceptors (Lipinski definition) is 9. The van der Waals surface area contributed by atoms with Crippen LogP contribution in [0.25, 0.3) is 11.8 Å². The van der Waals surface area contributed by atoms with Gasteiger partial charge in [0.1, 0.15) is 5.82 Å². The SMILES string of the molecule is C=C.C=Cc1ccccc1/C(=C\CO)N1CCc2c(nc(OC)nc2N2CCN(C(=O)CC)CC2)C1.COCCN1CCCC1. The first-order valence-electron chi connectivity index (χ1n) is 16.0. The fourth-order valence-electron chi connectivity index (χ4n) is 5.97. The van der Waals surface area contributed by atoms with Gasteiger partial charge in [-0.1, -0.05) is 43.8 Å². The summed E-state index contributed by atoms with van der Waals surface area (Å²) in [6.45, 7) is 20.6. The van der Waals surface area contributed by atoms with Crippen LogP contribution in [0.1, 0.15) is 48.6 Å². The molecule has 4 heterocycles. The van der Waals surface area contributed by atoms with Crippen LogP contribution in [0.2, 0.25) is 0 Å². The van der Waals surface area contributed by atoms with E-state index < -0.39 is 0 Å². The summed E-state index contributed by atoms with van der Waals surface area (Å²) < 4.78 is 10.4. The molecule has 3 aliphatic rings. The second-order valence-electron chi connectivity index (χ2n) is 11.0. The van der Waals surface area contributed by atoms with Crippen molar-refractivity contribution in [1.29, 1.82) is 0 Å². The molecule has 45 heavy (non-hydrogen) atoms. The van der Waals surface area contributed by atoms with E-state index >= 15 is 0 Å². The van der Waals surface area contributed by atoms with Crippen molar-refractivity contribution >= 4 is 23.5 Å². The summed E-state index contributed by atoms with van der Waals surface area (Å²) in [5, 5.41) is 9.75. The first-order valence-corrected chi connectivity index (χ1v) is 16.0. The molecule has 1 amide bonds. The smallest absolute Gasteiger partial charge is 0.318 e. The molecule has 0 atom stereocenters. The molecule has 0 bridgehead atoms. The van der Waals surface area contributed by atoms with Crippen molar-refractivity contribution in [1.82, 2.24) is 24.7 Å². The first-order chi connectivity index (χ1) is 22.0. The lowest BCUT2D eigenvalue weighted by atomic mass is 9.99. The molecule has 1 aromatic carbocycles. The summed E-state index contributed by atoms with van der Waals surface area (Å²) in [6, 6.07) is 8.41. The lowest BCUT2D eigenvalue weighted by Crippen LogP contribution is -2.49. The average Bonchev–Trinajstić information content (AvgIpc) is 3.63. The van der Waals surface area contributed by atoms with Crippen LogP contribution in [0.3, 0.4) is 0 Å². The van der Waals surface area contributed by atoms with Gasteiger partial charge < -0.3 is 34.2 Å². The standard InChI is InChI=1S/C26H33N5O3.C7H15NO.C2H4/c1-4-19-8-6-7-9-20(19)23(11-17-32)31-12-10-21-22(18-31)27-26(34-3)28-25(21)30-15-13-29(14-16-30)24(33)5-2;1-9-7-6-8-4-2-3-5-8;1-2/h4,6-9,11,32H,1,5,10,12-18H2,2-3H3;2-7H2,1H3;1-2H2/b23-11+;;. The molecule has 10 nitrogen and oxygen atoms in total. The molecule has 0 aliphatic carbocycles. The van der Waals surface area contributed by atoms with Crippen LogP contribution in [0.15, 0.2) is 50.1 Å². The minimum Gasteiger partial charge on any atom is -0.467 e. The van der Waals surface area contributed by atoms with Crippen LogP contribution in [0, 0.1) is 0 Å². The van der Waals surface area contributed by atoms with Crippen molar-refractivity contribution in [2.45, 2.75) is 39.2 Å². The maximum atomic E-state index is 12.1. The molecule has 5 rings (SSSR count). The quantitative estimate of drug-likeness (QED) is 0.394. The molecule has 10 heteroatoms. The maximum Gasteiger partial charge on any atom is 0.318 e. The number of amides is 1. The van der Waals surface area contributed by atoms with Crippen LogP contribution in [-0.4, -0.2) is 115 Å². The normalized spacial score (nSPS) is 16.6. The molecular formula is C35H52N6O4. The maximum absolute atomic E-state index is 12.1. The monoisotopic (exact) mass is 620 g/mol. The van der Waals surface area contributed by atoms with Gasteiger partial charge in [0.15, 0.2) is 0 Å². The summed E-state index contributed by atoms with van der Waals surface area (Å²) in [6.07, 6.45) is 7.75. The Labute approximate surface area is 269 Å². The van der Waals surface area contributed by atoms with Gasteiger partial charge in [-0.3, -0.25) is 4.79 Å². The zero-order valence-electron chi connectivity index (χ0n) is 27.5. The molecule has 246 valence electrons. The van der Waals surface area contributed by atoms with Gasteiger partial charge in [-0.25, -0.2) is 0 Å². The van der Waals surface area contributed by atoms with Crippen LogP contribution >= 0.6 is 0 Å². The molecule has 1 aromatic heterocycles. The van der Waals surface area contributed by atoms with Crippen LogP contribution in [0.4, 0.5) is 5.82 Å². The highest BCUT2D eigenvalue weighted by Gasteiger charge is 2.29. The van der Waals surface area contributed by atoms with Crippen molar-refractivity contribution in [2.75, 3.05) is 84.7 Å². The third-order valence-electron chi connectivity index (χ3n) is 8.33. The van der Waals surface area contributed by atoms with E-state index in [9.17, 15) is 9.90 Å². The highest BCUT2D eigenvalue weighted by atomic mass is 16.5. The molecule has 2 saturated heterocycles. The predicted octanol–water partition coefficient (Wildman–Crippen LogP) is 4.11. The van der Waals surface area contributed by atoms with Gasteiger partial charge in [0.05, 0.1) is 32.6 Å². The Hall–Kier alpha value is -3.73. The first kappa shape index (κ1) is 35.7. The Morgan fingerprint density at radius 3 is 2.33 bits per heavy atom. The number of aliphatic hydroxyl groups is 1. The number of aromatic nitrogens is 2. The van der Waals surface area contributed by atoms with Crippen LogP contribution in [0.5, 0.6) is 6.01 Å². The number of ether oxygens (including phenoxy) is 2. The van der Waals surface area contributed by atoms with Crippen molar-refractivity contribution in [2.24, 2.45) is 0 Å². The summed E-state index contributed by atoms with van der Waals surface area (Å²) in [4.78, 5) is 30.4. The van der Waals surface area contributed by atoms with Crippen LogP contribution < -0.4 is 9.64 Å². The van der Waals surface area contributed by atoms with E-state index in [1.807, 2.05) is 42.2 Å². The van der Waals surface area contributed by atoms with E-state index in [2.05, 4.69) is 40.5 Å². The van der Waals surface area contributed by atoms with E-state index in [4.69, 9.17) is 19.4 Å². The fourth-order valence-corrected chi connectivity index (χ4v) is 5.97. The third kappa shape index (κ3) is 9.63. The zero-order valence-corrected chi connectivity index (χ0v) is 27.5. The van der Waals surface area contributed by atoms with Gasteiger partial charge in [-0.2, -0.15) is 9.97 Å². The fraction of sp³-hybridized carbons (Fsp3) is 0.514. The highest BCUT2D eigenvalue weighted by Crippen LogP contribution is 2.33. The molecule has 2 aromatic rings. The number of fused-ring (bicyclic) bond motifs is 1. The Morgan fingerprint density at radius 2 is 1.71 bits per heavy atom. The number of carbonyl (C=O) groups excluding carboxylic acids is 1. The van der Waals surface area contributed by atoms with Gasteiger partial charge >= 0.3 is 6.01 Å². The Bertz CT molecular complexity index is 1250. The van der Waals surface area contributed by atoms with E-state index in [1.165, 1.54) is 25.9 Å². The Balaban J connectivity index is 0.000000427.